The van der Waals surface area contributed by atoms with Crippen LogP contribution in [0.25, 0.3) is 11.0 Å². The number of pyridine rings is 2. The van der Waals surface area contributed by atoms with Crippen molar-refractivity contribution in [1.29, 1.82) is 0 Å². The number of carbonyl (C=O) groups excluding carboxylic acids is 2. The van der Waals surface area contributed by atoms with Crippen LogP contribution in [0.1, 0.15) is 36.4 Å². The Balaban J connectivity index is 1.44. The van der Waals surface area contributed by atoms with E-state index in [1.54, 1.807) is 48.9 Å². The number of hydrogen-bond donors (Lipinski definition) is 1. The Hall–Kier alpha value is -4.28. The third-order valence-electron chi connectivity index (χ3n) is 7.82. The van der Waals surface area contributed by atoms with E-state index in [0.29, 0.717) is 67.4 Å². The normalized spacial score (nSPS) is 14.8. The summed E-state index contributed by atoms with van der Waals surface area (Å²) >= 11 is 0. The average Bonchev–Trinajstić information content (AvgIpc) is 3.33. The Morgan fingerprint density at radius 1 is 1.05 bits per heavy atom. The molecule has 5 rings (SSSR count). The predicted molar refractivity (Wildman–Crippen MR) is 161 cm³/mol. The SMILES string of the molecule is COCCN1C(=O)C(C)(C)C(=O)Nc2cc(CN(CCn3ccc4oc(C)cc4c3=O)Cc3cccnc3C)ccc21. The summed E-state index contributed by atoms with van der Waals surface area (Å²) in [5.41, 5.74) is 3.50. The van der Waals surface area contributed by atoms with Gasteiger partial charge in [-0.15, -0.1) is 0 Å². The molecule has 1 N–H and O–H groups in total. The molecule has 3 aromatic heterocycles. The summed E-state index contributed by atoms with van der Waals surface area (Å²) in [4.78, 5) is 47.9. The Morgan fingerprint density at radius 3 is 2.62 bits per heavy atom. The largest absolute Gasteiger partial charge is 0.461 e. The van der Waals surface area contributed by atoms with E-state index in [9.17, 15) is 14.4 Å². The first-order valence-electron chi connectivity index (χ1n) is 14.1. The highest BCUT2D eigenvalue weighted by Crippen LogP contribution is 2.36. The molecule has 0 bridgehead atoms. The summed E-state index contributed by atoms with van der Waals surface area (Å²) in [5, 5.41) is 3.55. The van der Waals surface area contributed by atoms with Crippen molar-refractivity contribution >= 4 is 34.2 Å². The molecule has 0 saturated carbocycles. The Labute approximate surface area is 244 Å². The van der Waals surface area contributed by atoms with E-state index in [2.05, 4.69) is 21.3 Å². The first-order valence-corrected chi connectivity index (χ1v) is 14.1. The molecular weight excluding hydrogens is 534 g/mol. The van der Waals surface area contributed by atoms with E-state index >= 15 is 0 Å². The van der Waals surface area contributed by atoms with Gasteiger partial charge in [-0.05, 0) is 69.2 Å². The van der Waals surface area contributed by atoms with E-state index in [1.165, 1.54) is 0 Å². The van der Waals surface area contributed by atoms with Crippen LogP contribution in [0.5, 0.6) is 0 Å². The number of rotatable bonds is 10. The molecule has 42 heavy (non-hydrogen) atoms. The van der Waals surface area contributed by atoms with Gasteiger partial charge in [0.05, 0.1) is 23.4 Å². The first kappa shape index (κ1) is 29.2. The Kier molecular flexibility index (Phi) is 8.29. The fourth-order valence-corrected chi connectivity index (χ4v) is 5.27. The Bertz CT molecular complexity index is 1690. The quantitative estimate of drug-likeness (QED) is 0.283. The minimum absolute atomic E-state index is 0.0852. The number of ether oxygens (including phenoxy) is 1. The van der Waals surface area contributed by atoms with Gasteiger partial charge >= 0.3 is 0 Å². The lowest BCUT2D eigenvalue weighted by atomic mass is 9.91. The summed E-state index contributed by atoms with van der Waals surface area (Å²) in [7, 11) is 1.59. The minimum Gasteiger partial charge on any atom is -0.461 e. The molecular formula is C32H37N5O5. The maximum absolute atomic E-state index is 13.3. The first-order chi connectivity index (χ1) is 20.1. The number of anilines is 2. The van der Waals surface area contributed by atoms with E-state index in [4.69, 9.17) is 9.15 Å². The van der Waals surface area contributed by atoms with Crippen molar-refractivity contribution in [1.82, 2.24) is 14.5 Å². The van der Waals surface area contributed by atoms with Gasteiger partial charge in [-0.3, -0.25) is 24.3 Å². The molecule has 0 spiro atoms. The molecule has 0 aliphatic carbocycles. The van der Waals surface area contributed by atoms with Crippen LogP contribution in [-0.4, -0.2) is 53.1 Å². The number of nitrogens with one attached hydrogen (secondary N) is 1. The van der Waals surface area contributed by atoms with Crippen molar-refractivity contribution in [3.8, 4) is 0 Å². The number of nitrogens with zero attached hydrogens (tertiary/aromatic N) is 4. The van der Waals surface area contributed by atoms with Crippen LogP contribution in [0.4, 0.5) is 11.4 Å². The third kappa shape index (κ3) is 5.86. The lowest BCUT2D eigenvalue weighted by Crippen LogP contribution is -2.46. The zero-order chi connectivity index (χ0) is 30.0. The summed E-state index contributed by atoms with van der Waals surface area (Å²) in [5.74, 6) is 0.0834. The van der Waals surface area contributed by atoms with Gasteiger partial charge in [0, 0.05) is 57.9 Å². The fourth-order valence-electron chi connectivity index (χ4n) is 5.27. The lowest BCUT2D eigenvalue weighted by Gasteiger charge is -2.28. The van der Waals surface area contributed by atoms with Crippen molar-refractivity contribution < 1.29 is 18.7 Å². The molecule has 0 saturated heterocycles. The maximum atomic E-state index is 13.3. The predicted octanol–water partition coefficient (Wildman–Crippen LogP) is 4.27. The summed E-state index contributed by atoms with van der Waals surface area (Å²) < 4.78 is 12.6. The molecule has 2 amide bonds. The third-order valence-corrected chi connectivity index (χ3v) is 7.82. The number of aryl methyl sites for hydroxylation is 2. The zero-order valence-electron chi connectivity index (χ0n) is 24.8. The van der Waals surface area contributed by atoms with Crippen molar-refractivity contribution in [2.75, 3.05) is 37.0 Å². The van der Waals surface area contributed by atoms with Gasteiger partial charge in [-0.1, -0.05) is 12.1 Å². The van der Waals surface area contributed by atoms with Gasteiger partial charge in [-0.2, -0.15) is 0 Å². The van der Waals surface area contributed by atoms with Crippen LogP contribution in [0.2, 0.25) is 0 Å². The molecule has 10 nitrogen and oxygen atoms in total. The van der Waals surface area contributed by atoms with Crippen LogP contribution in [0.3, 0.4) is 0 Å². The molecule has 4 heterocycles. The highest BCUT2D eigenvalue weighted by Gasteiger charge is 2.43. The van der Waals surface area contributed by atoms with Crippen LogP contribution < -0.4 is 15.8 Å². The van der Waals surface area contributed by atoms with Crippen molar-refractivity contribution in [3.63, 3.8) is 0 Å². The monoisotopic (exact) mass is 571 g/mol. The number of amides is 2. The minimum atomic E-state index is -1.22. The molecule has 1 aromatic carbocycles. The average molecular weight is 572 g/mol. The van der Waals surface area contributed by atoms with Crippen LogP contribution in [-0.2, 0) is 34.0 Å². The second-order valence-corrected chi connectivity index (χ2v) is 11.3. The topological polar surface area (TPSA) is 110 Å². The van der Waals surface area contributed by atoms with Gasteiger partial charge in [0.2, 0.25) is 11.8 Å². The molecule has 0 fully saturated rings. The number of benzene rings is 1. The van der Waals surface area contributed by atoms with Gasteiger partial charge < -0.3 is 23.9 Å². The molecule has 0 unspecified atom stereocenters. The molecule has 220 valence electrons. The summed E-state index contributed by atoms with van der Waals surface area (Å²) in [6.07, 6.45) is 3.55. The number of carbonyl (C=O) groups is 2. The van der Waals surface area contributed by atoms with Gasteiger partial charge in [0.1, 0.15) is 16.8 Å². The van der Waals surface area contributed by atoms with E-state index < -0.39 is 5.41 Å². The number of furan rings is 1. The van der Waals surface area contributed by atoms with Crippen molar-refractivity contribution in [2.24, 2.45) is 5.41 Å². The fraction of sp³-hybridized carbons (Fsp3) is 0.375. The highest BCUT2D eigenvalue weighted by atomic mass is 16.5. The molecule has 10 heteroatoms. The number of aromatic nitrogens is 2. The van der Waals surface area contributed by atoms with Crippen molar-refractivity contribution in [2.45, 2.75) is 47.3 Å². The van der Waals surface area contributed by atoms with Crippen LogP contribution >= 0.6 is 0 Å². The summed E-state index contributed by atoms with van der Waals surface area (Å²) in [6, 6.07) is 13.4. The smallest absolute Gasteiger partial charge is 0.261 e. The molecule has 1 aliphatic heterocycles. The molecule has 0 atom stereocenters. The van der Waals surface area contributed by atoms with E-state index in [0.717, 1.165) is 16.8 Å². The number of fused-ring (bicyclic) bond motifs is 2. The summed E-state index contributed by atoms with van der Waals surface area (Å²) in [6.45, 7) is 10.0. The highest BCUT2D eigenvalue weighted by molar-refractivity contribution is 6.19. The number of methoxy groups -OCH3 is 1. The second-order valence-electron chi connectivity index (χ2n) is 11.3. The zero-order valence-corrected chi connectivity index (χ0v) is 24.8. The van der Waals surface area contributed by atoms with E-state index in [-0.39, 0.29) is 17.4 Å². The van der Waals surface area contributed by atoms with Crippen LogP contribution in [0.15, 0.2) is 64.1 Å². The number of hydrogen-bond acceptors (Lipinski definition) is 7. The van der Waals surface area contributed by atoms with Gasteiger partial charge in [0.15, 0.2) is 0 Å². The van der Waals surface area contributed by atoms with Gasteiger partial charge in [-0.25, -0.2) is 0 Å². The molecule has 4 aromatic rings. The van der Waals surface area contributed by atoms with Crippen LogP contribution in [0, 0.1) is 19.3 Å². The second kappa shape index (κ2) is 11.9. The maximum Gasteiger partial charge on any atom is 0.261 e. The van der Waals surface area contributed by atoms with Gasteiger partial charge in [0.25, 0.3) is 5.56 Å². The standard InChI is InChI=1S/C32H37N5O5/c1-21-17-25-28(42-21)10-12-36(29(25)38)14-13-35(20-24-7-6-11-33-22(24)2)19-23-8-9-27-26(18-23)34-30(39)32(3,4)31(40)37(27)15-16-41-5/h6-12,17-18H,13-16,19-20H2,1-5H3,(H,34,39). The van der Waals surface area contributed by atoms with Crippen molar-refractivity contribution in [3.05, 3.63) is 87.8 Å². The Morgan fingerprint density at radius 2 is 1.86 bits per heavy atom. The lowest BCUT2D eigenvalue weighted by molar-refractivity contribution is -0.136. The molecule has 1 aliphatic rings. The van der Waals surface area contributed by atoms with E-state index in [1.807, 2.05) is 44.2 Å². The molecule has 0 radical (unpaired) electrons.